The first-order valence-electron chi connectivity index (χ1n) is 5.26. The summed E-state index contributed by atoms with van der Waals surface area (Å²) in [4.78, 5) is 32.1. The zero-order valence-corrected chi connectivity index (χ0v) is 10.4. The molecule has 1 rings (SSSR count). The number of esters is 1. The van der Waals surface area contributed by atoms with E-state index in [4.69, 9.17) is 0 Å². The summed E-state index contributed by atoms with van der Waals surface area (Å²) in [6.45, 7) is 1.31. The first-order chi connectivity index (χ1) is 8.93. The van der Waals surface area contributed by atoms with Gasteiger partial charge in [0.25, 0.3) is 5.69 Å². The molecular weight excluding hydrogens is 252 g/mol. The third kappa shape index (κ3) is 4.23. The van der Waals surface area contributed by atoms with Crippen LogP contribution >= 0.6 is 0 Å². The lowest BCUT2D eigenvalue weighted by atomic mass is 10.1. The number of benzene rings is 1. The molecule has 1 amide bonds. The van der Waals surface area contributed by atoms with Crippen LogP contribution in [0.25, 0.3) is 6.08 Å². The van der Waals surface area contributed by atoms with Gasteiger partial charge in [0.15, 0.2) is 0 Å². The van der Waals surface area contributed by atoms with E-state index in [1.807, 2.05) is 0 Å². The molecule has 0 aromatic heterocycles. The molecule has 0 spiro atoms. The minimum absolute atomic E-state index is 0.140. The highest BCUT2D eigenvalue weighted by atomic mass is 16.6. The van der Waals surface area contributed by atoms with E-state index < -0.39 is 10.9 Å². The number of non-ortho nitro benzene ring substituents is 1. The lowest BCUT2D eigenvalue weighted by molar-refractivity contribution is -0.384. The average molecular weight is 264 g/mol. The van der Waals surface area contributed by atoms with E-state index in [1.54, 1.807) is 0 Å². The van der Waals surface area contributed by atoms with Crippen molar-refractivity contribution in [2.75, 3.05) is 12.4 Å². The average Bonchev–Trinajstić information content (AvgIpc) is 2.36. The van der Waals surface area contributed by atoms with Gasteiger partial charge in [-0.1, -0.05) is 0 Å². The molecule has 0 fully saturated rings. The van der Waals surface area contributed by atoms with Crippen molar-refractivity contribution in [3.8, 4) is 0 Å². The Morgan fingerprint density at radius 1 is 1.42 bits per heavy atom. The second-order valence-corrected chi connectivity index (χ2v) is 3.57. The maximum absolute atomic E-state index is 11.0. The van der Waals surface area contributed by atoms with Crippen LogP contribution in [0, 0.1) is 10.1 Å². The van der Waals surface area contributed by atoms with Crippen molar-refractivity contribution in [3.63, 3.8) is 0 Å². The Morgan fingerprint density at radius 3 is 2.63 bits per heavy atom. The summed E-state index contributed by atoms with van der Waals surface area (Å²) in [6, 6.07) is 3.92. The zero-order chi connectivity index (χ0) is 14.4. The van der Waals surface area contributed by atoms with E-state index in [0.29, 0.717) is 11.3 Å². The molecule has 0 radical (unpaired) electrons. The van der Waals surface area contributed by atoms with Crippen LogP contribution in [0.3, 0.4) is 0 Å². The summed E-state index contributed by atoms with van der Waals surface area (Å²) in [5, 5.41) is 13.2. The number of anilines is 1. The molecule has 1 aromatic rings. The van der Waals surface area contributed by atoms with Gasteiger partial charge < -0.3 is 10.1 Å². The van der Waals surface area contributed by atoms with Crippen LogP contribution in [0.4, 0.5) is 11.4 Å². The predicted octanol–water partition coefficient (Wildman–Crippen LogP) is 1.74. The molecule has 1 aromatic carbocycles. The number of carbonyl (C=O) groups is 2. The predicted molar refractivity (Wildman–Crippen MR) is 68.5 cm³/mol. The quantitative estimate of drug-likeness (QED) is 0.386. The number of hydrogen-bond acceptors (Lipinski definition) is 5. The van der Waals surface area contributed by atoms with Crippen molar-refractivity contribution < 1.29 is 19.2 Å². The van der Waals surface area contributed by atoms with Crippen molar-refractivity contribution in [1.82, 2.24) is 0 Å². The zero-order valence-electron chi connectivity index (χ0n) is 10.4. The molecule has 19 heavy (non-hydrogen) atoms. The fraction of sp³-hybridized carbons (Fsp3) is 0.167. The second kappa shape index (κ2) is 6.29. The van der Waals surface area contributed by atoms with Crippen LogP contribution in [0.1, 0.15) is 12.5 Å². The normalized spacial score (nSPS) is 10.2. The first kappa shape index (κ1) is 14.4. The summed E-state index contributed by atoms with van der Waals surface area (Å²) >= 11 is 0. The Balaban J connectivity index is 3.17. The number of amides is 1. The van der Waals surface area contributed by atoms with E-state index in [2.05, 4.69) is 10.1 Å². The molecule has 0 saturated heterocycles. The number of carbonyl (C=O) groups excluding carboxylic acids is 2. The number of methoxy groups -OCH3 is 1. The Bertz CT molecular complexity index is 551. The highest BCUT2D eigenvalue weighted by molar-refractivity contribution is 5.93. The molecule has 0 aliphatic heterocycles. The Morgan fingerprint density at radius 2 is 2.11 bits per heavy atom. The van der Waals surface area contributed by atoms with Gasteiger partial charge in [-0.15, -0.1) is 0 Å². The maximum Gasteiger partial charge on any atom is 0.330 e. The number of hydrogen-bond donors (Lipinski definition) is 1. The summed E-state index contributed by atoms with van der Waals surface area (Å²) in [5.41, 5.74) is 0.576. The Kier molecular flexibility index (Phi) is 4.76. The summed E-state index contributed by atoms with van der Waals surface area (Å²) in [6.07, 6.45) is 2.45. The molecule has 0 aliphatic rings. The molecule has 7 nitrogen and oxygen atoms in total. The van der Waals surface area contributed by atoms with Gasteiger partial charge >= 0.3 is 5.97 Å². The molecule has 7 heteroatoms. The van der Waals surface area contributed by atoms with Gasteiger partial charge in [-0.3, -0.25) is 14.9 Å². The minimum Gasteiger partial charge on any atom is -0.466 e. The standard InChI is InChI=1S/C12H12N2O5/c1-8(15)13-11-5-4-10(14(17)18)7-9(11)3-6-12(16)19-2/h3-7H,1-2H3,(H,13,15)/b6-3+. The number of nitrogens with one attached hydrogen (secondary N) is 1. The van der Waals surface area contributed by atoms with Gasteiger partial charge in [0.1, 0.15) is 0 Å². The third-order valence-corrected chi connectivity index (χ3v) is 2.16. The van der Waals surface area contributed by atoms with Gasteiger partial charge in [-0.05, 0) is 12.1 Å². The molecule has 0 atom stereocenters. The van der Waals surface area contributed by atoms with Crippen LogP contribution in [0.2, 0.25) is 0 Å². The first-order valence-corrected chi connectivity index (χ1v) is 5.26. The summed E-state index contributed by atoms with van der Waals surface area (Å²) in [7, 11) is 1.22. The second-order valence-electron chi connectivity index (χ2n) is 3.57. The van der Waals surface area contributed by atoms with E-state index in [1.165, 1.54) is 38.3 Å². The molecular formula is C12H12N2O5. The Hall–Kier alpha value is -2.70. The van der Waals surface area contributed by atoms with Crippen molar-refractivity contribution in [3.05, 3.63) is 40.0 Å². The van der Waals surface area contributed by atoms with E-state index in [-0.39, 0.29) is 11.6 Å². The van der Waals surface area contributed by atoms with Crippen molar-refractivity contribution in [2.24, 2.45) is 0 Å². The van der Waals surface area contributed by atoms with Gasteiger partial charge in [0.05, 0.1) is 12.0 Å². The monoisotopic (exact) mass is 264 g/mol. The molecule has 0 bridgehead atoms. The van der Waals surface area contributed by atoms with E-state index in [0.717, 1.165) is 6.08 Å². The van der Waals surface area contributed by atoms with Crippen molar-refractivity contribution in [2.45, 2.75) is 6.92 Å². The van der Waals surface area contributed by atoms with E-state index in [9.17, 15) is 19.7 Å². The van der Waals surface area contributed by atoms with Crippen LogP contribution in [-0.4, -0.2) is 23.9 Å². The fourth-order valence-corrected chi connectivity index (χ4v) is 1.33. The number of nitro benzene ring substituents is 1. The van der Waals surface area contributed by atoms with Crippen LogP contribution < -0.4 is 5.32 Å². The molecule has 100 valence electrons. The Labute approximate surface area is 109 Å². The van der Waals surface area contributed by atoms with E-state index >= 15 is 0 Å². The highest BCUT2D eigenvalue weighted by Gasteiger charge is 2.10. The van der Waals surface area contributed by atoms with Gasteiger partial charge in [-0.2, -0.15) is 0 Å². The topological polar surface area (TPSA) is 98.5 Å². The molecule has 0 unspecified atom stereocenters. The molecule has 0 aliphatic carbocycles. The smallest absolute Gasteiger partial charge is 0.330 e. The fourth-order valence-electron chi connectivity index (χ4n) is 1.33. The van der Waals surface area contributed by atoms with Crippen LogP contribution in [0.5, 0.6) is 0 Å². The van der Waals surface area contributed by atoms with Gasteiger partial charge in [-0.25, -0.2) is 4.79 Å². The van der Waals surface area contributed by atoms with Crippen LogP contribution in [0.15, 0.2) is 24.3 Å². The molecule has 0 heterocycles. The number of ether oxygens (including phenoxy) is 1. The third-order valence-electron chi connectivity index (χ3n) is 2.16. The lowest BCUT2D eigenvalue weighted by Crippen LogP contribution is -2.07. The van der Waals surface area contributed by atoms with Gasteiger partial charge in [0, 0.05) is 36.4 Å². The number of nitrogens with zero attached hydrogens (tertiary/aromatic N) is 1. The lowest BCUT2D eigenvalue weighted by Gasteiger charge is -2.06. The molecule has 1 N–H and O–H groups in total. The van der Waals surface area contributed by atoms with Crippen molar-refractivity contribution in [1.29, 1.82) is 0 Å². The van der Waals surface area contributed by atoms with Crippen LogP contribution in [-0.2, 0) is 14.3 Å². The van der Waals surface area contributed by atoms with Gasteiger partial charge in [0.2, 0.25) is 5.91 Å². The SMILES string of the molecule is COC(=O)/C=C/c1cc([N+](=O)[O-])ccc1NC(C)=O. The maximum atomic E-state index is 11.0. The largest absolute Gasteiger partial charge is 0.466 e. The molecule has 0 saturated carbocycles. The summed E-state index contributed by atoms with van der Waals surface area (Å²) in [5.74, 6) is -0.915. The number of nitro groups is 1. The number of rotatable bonds is 4. The highest BCUT2D eigenvalue weighted by Crippen LogP contribution is 2.23. The minimum atomic E-state index is -0.597. The van der Waals surface area contributed by atoms with Crippen molar-refractivity contribution >= 4 is 29.3 Å². The summed E-state index contributed by atoms with van der Waals surface area (Å²) < 4.78 is 4.42.